The molecule has 0 spiro atoms. The Labute approximate surface area is 101 Å². The van der Waals surface area contributed by atoms with Crippen molar-refractivity contribution in [1.29, 1.82) is 0 Å². The molecule has 1 heterocycles. The lowest BCUT2D eigenvalue weighted by atomic mass is 10.1. The van der Waals surface area contributed by atoms with Crippen molar-refractivity contribution < 1.29 is 19.4 Å². The number of rotatable bonds is 5. The number of carboxylic acid groups (broad SMARTS) is 1. The third-order valence-electron chi connectivity index (χ3n) is 3.13. The lowest BCUT2D eigenvalue weighted by molar-refractivity contribution is -0.148. The number of ether oxygens (including phenoxy) is 1. The molecule has 1 aliphatic heterocycles. The maximum Gasteiger partial charge on any atom is 0.326 e. The maximum atomic E-state index is 11.9. The van der Waals surface area contributed by atoms with Crippen LogP contribution in [0.2, 0.25) is 0 Å². The highest BCUT2D eigenvalue weighted by molar-refractivity contribution is 5.84. The molecule has 0 aliphatic carbocycles. The first-order valence-corrected chi connectivity index (χ1v) is 5.74. The lowest BCUT2D eigenvalue weighted by Crippen LogP contribution is -2.41. The molecule has 0 aromatic rings. The van der Waals surface area contributed by atoms with Gasteiger partial charge in [-0.05, 0) is 12.5 Å². The fourth-order valence-corrected chi connectivity index (χ4v) is 1.98. The zero-order valence-electron chi connectivity index (χ0n) is 10.3. The second kappa shape index (κ2) is 5.97. The molecule has 3 atom stereocenters. The summed E-state index contributed by atoms with van der Waals surface area (Å²) < 4.78 is 5.12. The molecular weight excluding hydrogens is 224 g/mol. The van der Waals surface area contributed by atoms with Gasteiger partial charge in [0.1, 0.15) is 6.04 Å². The van der Waals surface area contributed by atoms with Crippen LogP contribution < -0.4 is 5.73 Å². The molecule has 3 unspecified atom stereocenters. The van der Waals surface area contributed by atoms with E-state index in [0.717, 1.165) is 0 Å². The quantitative estimate of drug-likeness (QED) is 0.691. The predicted octanol–water partition coefficient (Wildman–Crippen LogP) is -0.328. The SMILES string of the molecule is COC1CC(C(=O)O)N(C(=O)CC(C)CN)C1. The number of likely N-dealkylation sites (tertiary alicyclic amines) is 1. The van der Waals surface area contributed by atoms with E-state index in [-0.39, 0.29) is 24.3 Å². The summed E-state index contributed by atoms with van der Waals surface area (Å²) in [7, 11) is 1.53. The van der Waals surface area contributed by atoms with E-state index < -0.39 is 12.0 Å². The van der Waals surface area contributed by atoms with Gasteiger partial charge in [-0.1, -0.05) is 6.92 Å². The Balaban J connectivity index is 2.66. The second-order valence-electron chi connectivity index (χ2n) is 4.54. The minimum atomic E-state index is -0.974. The Hall–Kier alpha value is -1.14. The van der Waals surface area contributed by atoms with Crippen LogP contribution in [0.4, 0.5) is 0 Å². The van der Waals surface area contributed by atoms with Crippen LogP contribution in [0.1, 0.15) is 19.8 Å². The largest absolute Gasteiger partial charge is 0.480 e. The van der Waals surface area contributed by atoms with Gasteiger partial charge >= 0.3 is 5.97 Å². The number of nitrogens with zero attached hydrogens (tertiary/aromatic N) is 1. The summed E-state index contributed by atoms with van der Waals surface area (Å²) in [5.74, 6) is -1.06. The van der Waals surface area contributed by atoms with Crippen LogP contribution in [0.25, 0.3) is 0 Å². The number of amides is 1. The highest BCUT2D eigenvalue weighted by atomic mass is 16.5. The van der Waals surface area contributed by atoms with Gasteiger partial charge < -0.3 is 20.5 Å². The number of carboxylic acids is 1. The molecule has 1 rings (SSSR count). The zero-order chi connectivity index (χ0) is 13.0. The summed E-state index contributed by atoms with van der Waals surface area (Å²) in [6, 6.07) is -0.766. The number of hydrogen-bond donors (Lipinski definition) is 2. The molecule has 3 N–H and O–H groups in total. The normalized spacial score (nSPS) is 25.9. The highest BCUT2D eigenvalue weighted by Gasteiger charge is 2.39. The Morgan fingerprint density at radius 2 is 2.24 bits per heavy atom. The number of carbonyl (C=O) groups is 2. The van der Waals surface area contributed by atoms with E-state index in [4.69, 9.17) is 15.6 Å². The second-order valence-corrected chi connectivity index (χ2v) is 4.54. The number of nitrogens with two attached hydrogens (primary N) is 1. The van der Waals surface area contributed by atoms with Crippen LogP contribution in [0.3, 0.4) is 0 Å². The van der Waals surface area contributed by atoms with Crippen LogP contribution in [-0.4, -0.2) is 54.2 Å². The first kappa shape index (κ1) is 13.9. The predicted molar refractivity (Wildman–Crippen MR) is 61.4 cm³/mol. The number of hydrogen-bond acceptors (Lipinski definition) is 4. The van der Waals surface area contributed by atoms with Crippen molar-refractivity contribution in [2.45, 2.75) is 31.9 Å². The Bertz CT molecular complexity index is 295. The van der Waals surface area contributed by atoms with Crippen molar-refractivity contribution in [1.82, 2.24) is 4.90 Å². The molecule has 98 valence electrons. The van der Waals surface area contributed by atoms with Gasteiger partial charge in [0.05, 0.1) is 6.10 Å². The van der Waals surface area contributed by atoms with Crippen LogP contribution in [0.15, 0.2) is 0 Å². The summed E-state index contributed by atoms with van der Waals surface area (Å²) in [5, 5.41) is 9.06. The van der Waals surface area contributed by atoms with Gasteiger partial charge in [-0.2, -0.15) is 0 Å². The van der Waals surface area contributed by atoms with Gasteiger partial charge in [0.15, 0.2) is 0 Å². The monoisotopic (exact) mass is 244 g/mol. The minimum absolute atomic E-state index is 0.0681. The number of carbonyl (C=O) groups excluding carboxylic acids is 1. The topological polar surface area (TPSA) is 92.9 Å². The molecule has 0 saturated carbocycles. The summed E-state index contributed by atoms with van der Waals surface area (Å²) >= 11 is 0. The first-order valence-electron chi connectivity index (χ1n) is 5.74. The molecular formula is C11H20N2O4. The van der Waals surface area contributed by atoms with Crippen LogP contribution in [0.5, 0.6) is 0 Å². The summed E-state index contributed by atoms with van der Waals surface area (Å²) in [4.78, 5) is 24.4. The average Bonchev–Trinajstić information content (AvgIpc) is 2.72. The van der Waals surface area contributed by atoms with E-state index in [1.165, 1.54) is 12.0 Å². The van der Waals surface area contributed by atoms with E-state index in [9.17, 15) is 9.59 Å². The summed E-state index contributed by atoms with van der Waals surface area (Å²) in [6.45, 7) is 2.65. The van der Waals surface area contributed by atoms with E-state index in [2.05, 4.69) is 0 Å². The summed E-state index contributed by atoms with van der Waals surface area (Å²) in [5.41, 5.74) is 5.46. The van der Waals surface area contributed by atoms with Crippen LogP contribution in [0, 0.1) is 5.92 Å². The standard InChI is InChI=1S/C11H20N2O4/c1-7(5-12)3-10(14)13-6-8(17-2)4-9(13)11(15)16/h7-9H,3-6,12H2,1-2H3,(H,15,16). The molecule has 17 heavy (non-hydrogen) atoms. The molecule has 6 heteroatoms. The Morgan fingerprint density at radius 3 is 2.71 bits per heavy atom. The van der Waals surface area contributed by atoms with Gasteiger partial charge in [0, 0.05) is 26.5 Å². The molecule has 1 fully saturated rings. The van der Waals surface area contributed by atoms with Crippen molar-refractivity contribution in [2.24, 2.45) is 11.7 Å². The Kier molecular flexibility index (Phi) is 4.89. The van der Waals surface area contributed by atoms with Gasteiger partial charge in [-0.15, -0.1) is 0 Å². The van der Waals surface area contributed by atoms with Crippen molar-refractivity contribution in [3.8, 4) is 0 Å². The zero-order valence-corrected chi connectivity index (χ0v) is 10.3. The van der Waals surface area contributed by atoms with Crippen molar-refractivity contribution in [3.63, 3.8) is 0 Å². The average molecular weight is 244 g/mol. The van der Waals surface area contributed by atoms with Crippen LogP contribution in [-0.2, 0) is 14.3 Å². The van der Waals surface area contributed by atoms with Crippen molar-refractivity contribution in [2.75, 3.05) is 20.2 Å². The van der Waals surface area contributed by atoms with E-state index in [1.807, 2.05) is 6.92 Å². The molecule has 1 amide bonds. The molecule has 0 aromatic carbocycles. The molecule has 1 saturated heterocycles. The number of methoxy groups -OCH3 is 1. The summed E-state index contributed by atoms with van der Waals surface area (Å²) in [6.07, 6.45) is 0.457. The van der Waals surface area contributed by atoms with Crippen molar-refractivity contribution in [3.05, 3.63) is 0 Å². The fraction of sp³-hybridized carbons (Fsp3) is 0.818. The minimum Gasteiger partial charge on any atom is -0.480 e. The van der Waals surface area contributed by atoms with E-state index in [1.54, 1.807) is 0 Å². The van der Waals surface area contributed by atoms with Gasteiger partial charge in [-0.25, -0.2) is 4.79 Å². The third-order valence-corrected chi connectivity index (χ3v) is 3.13. The first-order chi connectivity index (χ1) is 7.99. The lowest BCUT2D eigenvalue weighted by Gasteiger charge is -2.22. The molecule has 0 radical (unpaired) electrons. The van der Waals surface area contributed by atoms with E-state index in [0.29, 0.717) is 19.5 Å². The maximum absolute atomic E-state index is 11.9. The van der Waals surface area contributed by atoms with Crippen molar-refractivity contribution >= 4 is 11.9 Å². The van der Waals surface area contributed by atoms with E-state index >= 15 is 0 Å². The van der Waals surface area contributed by atoms with Crippen LogP contribution >= 0.6 is 0 Å². The van der Waals surface area contributed by atoms with Gasteiger partial charge in [0.2, 0.25) is 5.91 Å². The third kappa shape index (κ3) is 3.41. The molecule has 0 aromatic heterocycles. The molecule has 6 nitrogen and oxygen atoms in total. The van der Waals surface area contributed by atoms with Gasteiger partial charge in [0.25, 0.3) is 0 Å². The highest BCUT2D eigenvalue weighted by Crippen LogP contribution is 2.22. The molecule has 1 aliphatic rings. The fourth-order valence-electron chi connectivity index (χ4n) is 1.98. The Morgan fingerprint density at radius 1 is 1.59 bits per heavy atom. The number of aliphatic carboxylic acids is 1. The smallest absolute Gasteiger partial charge is 0.326 e. The molecule has 0 bridgehead atoms. The van der Waals surface area contributed by atoms with Gasteiger partial charge in [-0.3, -0.25) is 4.79 Å².